The molecule has 0 aliphatic rings. The second kappa shape index (κ2) is 6.43. The Bertz CT molecular complexity index is 677. The van der Waals surface area contributed by atoms with E-state index in [9.17, 15) is 4.79 Å². The maximum Gasteiger partial charge on any atom is 0.163 e. The molecule has 0 spiro atoms. The van der Waals surface area contributed by atoms with Crippen LogP contribution in [-0.2, 0) is 13.2 Å². The zero-order valence-electron chi connectivity index (χ0n) is 12.7. The highest BCUT2D eigenvalue weighted by Crippen LogP contribution is 2.25. The number of benzene rings is 1. The average Bonchev–Trinajstić information content (AvgIpc) is 2.72. The minimum absolute atomic E-state index is 0.00736. The van der Waals surface area contributed by atoms with E-state index in [1.54, 1.807) is 6.92 Å². The van der Waals surface area contributed by atoms with Crippen molar-refractivity contribution < 1.29 is 9.53 Å². The molecule has 0 N–H and O–H groups in total. The van der Waals surface area contributed by atoms with Crippen LogP contribution in [0.25, 0.3) is 0 Å². The molecule has 0 atom stereocenters. The molecular formula is C16H19BrN2O2. The minimum Gasteiger partial charge on any atom is -0.487 e. The summed E-state index contributed by atoms with van der Waals surface area (Å²) >= 11 is 3.54. The maximum atomic E-state index is 11.7. The predicted octanol–water partition coefficient (Wildman–Crippen LogP) is 4.06. The van der Waals surface area contributed by atoms with E-state index >= 15 is 0 Å². The van der Waals surface area contributed by atoms with Crippen LogP contribution in [0.3, 0.4) is 0 Å². The molecule has 0 aliphatic carbocycles. The van der Waals surface area contributed by atoms with Crippen LogP contribution in [0.1, 0.15) is 41.2 Å². The monoisotopic (exact) mass is 350 g/mol. The van der Waals surface area contributed by atoms with Gasteiger partial charge in [-0.3, -0.25) is 9.48 Å². The molecule has 0 saturated heterocycles. The summed E-state index contributed by atoms with van der Waals surface area (Å²) in [4.78, 5) is 11.7. The summed E-state index contributed by atoms with van der Waals surface area (Å²) in [7, 11) is 0. The molecule has 0 fully saturated rings. The van der Waals surface area contributed by atoms with Crippen molar-refractivity contribution in [2.24, 2.45) is 0 Å². The number of Topliss-reactive ketones (excluding diaryl/α,β-unsaturated/α-hetero) is 1. The van der Waals surface area contributed by atoms with E-state index in [4.69, 9.17) is 4.74 Å². The molecule has 1 aromatic carbocycles. The Balaban J connectivity index is 2.27. The summed E-state index contributed by atoms with van der Waals surface area (Å²) < 4.78 is 8.73. The predicted molar refractivity (Wildman–Crippen MR) is 85.9 cm³/mol. The number of rotatable bonds is 5. The molecule has 1 heterocycles. The normalized spacial score (nSPS) is 10.7. The van der Waals surface area contributed by atoms with Gasteiger partial charge in [-0.15, -0.1) is 0 Å². The Labute approximate surface area is 133 Å². The third-order valence-corrected chi connectivity index (χ3v) is 4.36. The van der Waals surface area contributed by atoms with Crippen LogP contribution in [0.2, 0.25) is 0 Å². The highest BCUT2D eigenvalue weighted by Gasteiger charge is 2.14. The molecule has 0 bridgehead atoms. The number of hydrogen-bond donors (Lipinski definition) is 0. The summed E-state index contributed by atoms with van der Waals surface area (Å²) in [6.45, 7) is 8.65. The quantitative estimate of drug-likeness (QED) is 0.763. The first-order chi connectivity index (χ1) is 9.93. The van der Waals surface area contributed by atoms with Crippen molar-refractivity contribution >= 4 is 21.7 Å². The zero-order chi connectivity index (χ0) is 15.6. The third-order valence-electron chi connectivity index (χ3n) is 3.33. The largest absolute Gasteiger partial charge is 0.487 e. The van der Waals surface area contributed by atoms with E-state index in [2.05, 4.69) is 21.0 Å². The summed E-state index contributed by atoms with van der Waals surface area (Å²) in [6.07, 6.45) is 0. The molecule has 4 nitrogen and oxygen atoms in total. The van der Waals surface area contributed by atoms with E-state index in [1.165, 1.54) is 0 Å². The maximum absolute atomic E-state index is 11.7. The minimum atomic E-state index is 0.00736. The third kappa shape index (κ3) is 3.35. The van der Waals surface area contributed by atoms with Crippen molar-refractivity contribution in [1.29, 1.82) is 0 Å². The van der Waals surface area contributed by atoms with Gasteiger partial charge >= 0.3 is 0 Å². The number of carbonyl (C=O) groups excluding carboxylic acids is 1. The lowest BCUT2D eigenvalue weighted by atomic mass is 10.1. The standard InChI is InChI=1S/C16H19BrN2O2/c1-5-19-14(16(17)11(3)18-19)9-21-15-7-6-10(2)8-13(15)12(4)20/h6-8H,5,9H2,1-4H3. The fourth-order valence-corrected chi connectivity index (χ4v) is 2.60. The summed E-state index contributed by atoms with van der Waals surface area (Å²) in [5.41, 5.74) is 3.57. The Hall–Kier alpha value is -1.62. The second-order valence-electron chi connectivity index (χ2n) is 5.01. The molecule has 2 aromatic rings. The van der Waals surface area contributed by atoms with E-state index in [1.807, 2.05) is 43.7 Å². The van der Waals surface area contributed by atoms with E-state index in [0.717, 1.165) is 28.0 Å². The molecule has 0 aliphatic heterocycles. The van der Waals surface area contributed by atoms with Crippen LogP contribution in [-0.4, -0.2) is 15.6 Å². The fourth-order valence-electron chi connectivity index (χ4n) is 2.20. The van der Waals surface area contributed by atoms with Gasteiger partial charge in [-0.1, -0.05) is 11.6 Å². The molecule has 0 saturated carbocycles. The molecule has 0 amide bonds. The highest BCUT2D eigenvalue weighted by molar-refractivity contribution is 9.10. The average molecular weight is 351 g/mol. The summed E-state index contributed by atoms with van der Waals surface area (Å²) in [5, 5.41) is 4.44. The molecule has 21 heavy (non-hydrogen) atoms. The highest BCUT2D eigenvalue weighted by atomic mass is 79.9. The number of halogens is 1. The number of hydrogen-bond acceptors (Lipinski definition) is 3. The molecule has 1 aromatic heterocycles. The fraction of sp³-hybridized carbons (Fsp3) is 0.375. The van der Waals surface area contributed by atoms with Gasteiger partial charge in [-0.05, 0) is 55.8 Å². The van der Waals surface area contributed by atoms with Gasteiger partial charge in [0.2, 0.25) is 0 Å². The Morgan fingerprint density at radius 1 is 1.38 bits per heavy atom. The van der Waals surface area contributed by atoms with Gasteiger partial charge in [0.25, 0.3) is 0 Å². The molecule has 112 valence electrons. The van der Waals surface area contributed by atoms with Gasteiger partial charge < -0.3 is 4.74 Å². The summed E-state index contributed by atoms with van der Waals surface area (Å²) in [6, 6.07) is 5.65. The Morgan fingerprint density at radius 3 is 2.71 bits per heavy atom. The second-order valence-corrected chi connectivity index (χ2v) is 5.80. The smallest absolute Gasteiger partial charge is 0.163 e. The van der Waals surface area contributed by atoms with Crippen LogP contribution >= 0.6 is 15.9 Å². The first kappa shape index (κ1) is 15.8. The SMILES string of the molecule is CCn1nc(C)c(Br)c1COc1ccc(C)cc1C(C)=O. The molecule has 0 unspecified atom stereocenters. The van der Waals surface area contributed by atoms with E-state index < -0.39 is 0 Å². The van der Waals surface area contributed by atoms with Crippen LogP contribution in [0, 0.1) is 13.8 Å². The van der Waals surface area contributed by atoms with Crippen LogP contribution in [0.5, 0.6) is 5.75 Å². The van der Waals surface area contributed by atoms with Crippen molar-refractivity contribution in [1.82, 2.24) is 9.78 Å². The van der Waals surface area contributed by atoms with E-state index in [-0.39, 0.29) is 5.78 Å². The Morgan fingerprint density at radius 2 is 2.10 bits per heavy atom. The van der Waals surface area contributed by atoms with Crippen molar-refractivity contribution in [2.75, 3.05) is 0 Å². The van der Waals surface area contributed by atoms with Gasteiger partial charge in [0.15, 0.2) is 5.78 Å². The van der Waals surface area contributed by atoms with Crippen molar-refractivity contribution in [3.63, 3.8) is 0 Å². The number of nitrogens with zero attached hydrogens (tertiary/aromatic N) is 2. The van der Waals surface area contributed by atoms with Crippen molar-refractivity contribution in [2.45, 2.75) is 40.8 Å². The number of aromatic nitrogens is 2. The van der Waals surface area contributed by atoms with Gasteiger partial charge in [0, 0.05) is 6.54 Å². The van der Waals surface area contributed by atoms with Gasteiger partial charge in [-0.25, -0.2) is 0 Å². The summed E-state index contributed by atoms with van der Waals surface area (Å²) in [5.74, 6) is 0.620. The molecular weight excluding hydrogens is 332 g/mol. The van der Waals surface area contributed by atoms with Crippen LogP contribution in [0.4, 0.5) is 0 Å². The first-order valence-electron chi connectivity index (χ1n) is 6.90. The van der Waals surface area contributed by atoms with Crippen LogP contribution < -0.4 is 4.74 Å². The number of ketones is 1. The van der Waals surface area contributed by atoms with Crippen LogP contribution in [0.15, 0.2) is 22.7 Å². The number of carbonyl (C=O) groups is 1. The lowest BCUT2D eigenvalue weighted by Crippen LogP contribution is -2.08. The molecule has 5 heteroatoms. The molecule has 2 rings (SSSR count). The Kier molecular flexibility index (Phi) is 4.83. The molecule has 0 radical (unpaired) electrons. The van der Waals surface area contributed by atoms with E-state index in [0.29, 0.717) is 17.9 Å². The van der Waals surface area contributed by atoms with Gasteiger partial charge in [0.1, 0.15) is 12.4 Å². The number of aryl methyl sites for hydroxylation is 3. The van der Waals surface area contributed by atoms with Gasteiger partial charge in [0.05, 0.1) is 21.4 Å². The number of ether oxygens (including phenoxy) is 1. The van der Waals surface area contributed by atoms with Crippen molar-refractivity contribution in [3.05, 3.63) is 45.2 Å². The zero-order valence-corrected chi connectivity index (χ0v) is 14.3. The lowest BCUT2D eigenvalue weighted by Gasteiger charge is -2.12. The van der Waals surface area contributed by atoms with Crippen molar-refractivity contribution in [3.8, 4) is 5.75 Å². The topological polar surface area (TPSA) is 44.1 Å². The first-order valence-corrected chi connectivity index (χ1v) is 7.69. The van der Waals surface area contributed by atoms with Gasteiger partial charge in [-0.2, -0.15) is 5.10 Å². The lowest BCUT2D eigenvalue weighted by molar-refractivity contribution is 0.101.